The molecule has 0 spiro atoms. The molecule has 2 heterocycles. The van der Waals surface area contributed by atoms with Gasteiger partial charge in [0, 0.05) is 27.1 Å². The zero-order valence-corrected chi connectivity index (χ0v) is 10.6. The van der Waals surface area contributed by atoms with Gasteiger partial charge in [0.2, 0.25) is 0 Å². The van der Waals surface area contributed by atoms with E-state index in [0.717, 1.165) is 25.7 Å². The Morgan fingerprint density at radius 1 is 0.875 bits per heavy atom. The van der Waals surface area contributed by atoms with Gasteiger partial charge in [-0.05, 0) is 26.7 Å². The van der Waals surface area contributed by atoms with E-state index in [2.05, 4.69) is 0 Å². The largest absolute Gasteiger partial charge is 0.353 e. The molecule has 0 aliphatic carbocycles. The second kappa shape index (κ2) is 4.26. The lowest BCUT2D eigenvalue weighted by molar-refractivity contribution is -0.344. The molecule has 2 saturated heterocycles. The van der Waals surface area contributed by atoms with Crippen LogP contribution < -0.4 is 0 Å². The summed E-state index contributed by atoms with van der Waals surface area (Å²) in [7, 11) is 3.40. The molecule has 94 valence electrons. The molecule has 2 aliphatic heterocycles. The summed E-state index contributed by atoms with van der Waals surface area (Å²) < 4.78 is 22.7. The van der Waals surface area contributed by atoms with Crippen LogP contribution in [0.5, 0.6) is 0 Å². The second-order valence-electron chi connectivity index (χ2n) is 5.07. The third-order valence-electron chi connectivity index (χ3n) is 3.85. The Morgan fingerprint density at radius 3 is 1.56 bits per heavy atom. The van der Waals surface area contributed by atoms with Crippen molar-refractivity contribution in [3.8, 4) is 0 Å². The molecule has 0 saturated carbocycles. The fourth-order valence-electron chi connectivity index (χ4n) is 2.51. The van der Waals surface area contributed by atoms with E-state index in [4.69, 9.17) is 18.9 Å². The van der Waals surface area contributed by atoms with Gasteiger partial charge in [-0.3, -0.25) is 0 Å². The van der Waals surface area contributed by atoms with E-state index in [1.807, 2.05) is 13.8 Å². The standard InChI is InChI=1S/C12H22O4/c1-11(13-3)7-5-10-9(15-11)6-8-12(2,14-4)16-10/h9-10H,5-8H2,1-4H3/t9-,10+,11+,12-. The Morgan fingerprint density at radius 2 is 1.25 bits per heavy atom. The minimum Gasteiger partial charge on any atom is -0.353 e. The highest BCUT2D eigenvalue weighted by molar-refractivity contribution is 4.88. The third kappa shape index (κ3) is 2.25. The first-order valence-electron chi connectivity index (χ1n) is 5.96. The molecule has 2 rings (SSSR count). The molecular weight excluding hydrogens is 208 g/mol. The summed E-state index contributed by atoms with van der Waals surface area (Å²) in [5.41, 5.74) is 0. The fraction of sp³-hybridized carbons (Fsp3) is 1.00. The Balaban J connectivity index is 2.00. The minimum absolute atomic E-state index is 0.141. The average molecular weight is 230 g/mol. The van der Waals surface area contributed by atoms with Crippen molar-refractivity contribution in [1.29, 1.82) is 0 Å². The Kier molecular flexibility index (Phi) is 3.27. The fourth-order valence-corrected chi connectivity index (χ4v) is 2.51. The van der Waals surface area contributed by atoms with Gasteiger partial charge in [0.1, 0.15) is 0 Å². The normalized spacial score (nSPS) is 48.8. The van der Waals surface area contributed by atoms with Gasteiger partial charge in [-0.15, -0.1) is 0 Å². The zero-order chi connectivity index (χ0) is 11.8. The number of hydrogen-bond acceptors (Lipinski definition) is 4. The number of methoxy groups -OCH3 is 2. The predicted molar refractivity (Wildman–Crippen MR) is 59.0 cm³/mol. The molecule has 0 aromatic rings. The summed E-state index contributed by atoms with van der Waals surface area (Å²) in [4.78, 5) is 0. The van der Waals surface area contributed by atoms with Crippen molar-refractivity contribution in [1.82, 2.24) is 0 Å². The molecular formula is C12H22O4. The predicted octanol–water partition coefficient (Wildman–Crippen LogP) is 2.07. The maximum absolute atomic E-state index is 5.96. The van der Waals surface area contributed by atoms with E-state index in [-0.39, 0.29) is 12.2 Å². The highest BCUT2D eigenvalue weighted by Crippen LogP contribution is 2.39. The molecule has 16 heavy (non-hydrogen) atoms. The molecule has 0 unspecified atom stereocenters. The summed E-state index contributed by atoms with van der Waals surface area (Å²) in [5.74, 6) is -0.878. The summed E-state index contributed by atoms with van der Waals surface area (Å²) in [6.07, 6.45) is 3.94. The van der Waals surface area contributed by atoms with Crippen LogP contribution in [0, 0.1) is 0 Å². The van der Waals surface area contributed by atoms with Gasteiger partial charge in [0.15, 0.2) is 11.6 Å². The Bertz CT molecular complexity index is 231. The third-order valence-corrected chi connectivity index (χ3v) is 3.85. The number of hydrogen-bond donors (Lipinski definition) is 0. The van der Waals surface area contributed by atoms with Crippen LogP contribution >= 0.6 is 0 Å². The topological polar surface area (TPSA) is 36.9 Å². The van der Waals surface area contributed by atoms with Crippen LogP contribution in [0.3, 0.4) is 0 Å². The van der Waals surface area contributed by atoms with Crippen molar-refractivity contribution in [2.24, 2.45) is 0 Å². The van der Waals surface area contributed by atoms with E-state index >= 15 is 0 Å². The summed E-state index contributed by atoms with van der Waals surface area (Å²) in [6.45, 7) is 3.99. The molecule has 2 aliphatic rings. The van der Waals surface area contributed by atoms with Crippen molar-refractivity contribution in [2.75, 3.05) is 14.2 Å². The maximum atomic E-state index is 5.96. The quantitative estimate of drug-likeness (QED) is 0.727. The first-order valence-corrected chi connectivity index (χ1v) is 5.96. The van der Waals surface area contributed by atoms with Crippen molar-refractivity contribution < 1.29 is 18.9 Å². The number of ether oxygens (including phenoxy) is 4. The lowest BCUT2D eigenvalue weighted by Crippen LogP contribution is -2.54. The molecule has 0 aromatic heterocycles. The molecule has 0 bridgehead atoms. The number of rotatable bonds is 2. The van der Waals surface area contributed by atoms with Crippen molar-refractivity contribution in [2.45, 2.75) is 63.3 Å². The molecule has 0 amide bonds. The summed E-state index contributed by atoms with van der Waals surface area (Å²) >= 11 is 0. The van der Waals surface area contributed by atoms with Crippen LogP contribution in [0.4, 0.5) is 0 Å². The van der Waals surface area contributed by atoms with Crippen LogP contribution in [0.1, 0.15) is 39.5 Å². The second-order valence-corrected chi connectivity index (χ2v) is 5.07. The molecule has 4 nitrogen and oxygen atoms in total. The van der Waals surface area contributed by atoms with Crippen LogP contribution in [-0.2, 0) is 18.9 Å². The van der Waals surface area contributed by atoms with Crippen molar-refractivity contribution in [3.63, 3.8) is 0 Å². The van der Waals surface area contributed by atoms with Gasteiger partial charge in [0.05, 0.1) is 12.2 Å². The Labute approximate surface area is 97.2 Å². The maximum Gasteiger partial charge on any atom is 0.165 e. The van der Waals surface area contributed by atoms with Crippen LogP contribution in [0.2, 0.25) is 0 Å². The van der Waals surface area contributed by atoms with Gasteiger partial charge < -0.3 is 18.9 Å². The van der Waals surface area contributed by atoms with Gasteiger partial charge in [0.25, 0.3) is 0 Å². The highest BCUT2D eigenvalue weighted by Gasteiger charge is 2.46. The molecule has 0 aromatic carbocycles. The van der Waals surface area contributed by atoms with E-state index in [9.17, 15) is 0 Å². The van der Waals surface area contributed by atoms with Crippen LogP contribution in [0.25, 0.3) is 0 Å². The van der Waals surface area contributed by atoms with Gasteiger partial charge in [-0.25, -0.2) is 0 Å². The lowest BCUT2D eigenvalue weighted by atomic mass is 9.91. The van der Waals surface area contributed by atoms with E-state index in [1.165, 1.54) is 0 Å². The smallest absolute Gasteiger partial charge is 0.165 e. The van der Waals surface area contributed by atoms with Gasteiger partial charge in [-0.2, -0.15) is 0 Å². The molecule has 2 fully saturated rings. The SMILES string of the molecule is CO[C@]1(C)CC[C@@H]2O[C@@](C)(OC)CC[C@H]2O1. The summed E-state index contributed by atoms with van der Waals surface area (Å²) in [5, 5.41) is 0. The van der Waals surface area contributed by atoms with Gasteiger partial charge >= 0.3 is 0 Å². The number of fused-ring (bicyclic) bond motifs is 1. The molecule has 4 heteroatoms. The van der Waals surface area contributed by atoms with Crippen LogP contribution in [-0.4, -0.2) is 38.0 Å². The summed E-state index contributed by atoms with van der Waals surface area (Å²) in [6, 6.07) is 0. The minimum atomic E-state index is -0.439. The lowest BCUT2D eigenvalue weighted by Gasteiger charge is -2.48. The molecule has 4 atom stereocenters. The van der Waals surface area contributed by atoms with Crippen molar-refractivity contribution >= 4 is 0 Å². The Hall–Kier alpha value is -0.160. The average Bonchev–Trinajstić information content (AvgIpc) is 2.30. The van der Waals surface area contributed by atoms with E-state index in [1.54, 1.807) is 14.2 Å². The monoisotopic (exact) mass is 230 g/mol. The van der Waals surface area contributed by atoms with Gasteiger partial charge in [-0.1, -0.05) is 0 Å². The molecule has 0 N–H and O–H groups in total. The van der Waals surface area contributed by atoms with E-state index < -0.39 is 11.6 Å². The molecule has 0 radical (unpaired) electrons. The zero-order valence-electron chi connectivity index (χ0n) is 10.6. The van der Waals surface area contributed by atoms with Crippen LogP contribution in [0.15, 0.2) is 0 Å². The first-order chi connectivity index (χ1) is 7.50. The van der Waals surface area contributed by atoms with E-state index in [0.29, 0.717) is 0 Å². The highest BCUT2D eigenvalue weighted by atomic mass is 16.7. The first kappa shape index (κ1) is 12.3. The van der Waals surface area contributed by atoms with Crippen molar-refractivity contribution in [3.05, 3.63) is 0 Å².